The minimum Gasteiger partial charge on any atom is -0.446 e. The third-order valence-electron chi connectivity index (χ3n) is 16.5. The number of hydrogen-bond acceptors (Lipinski definition) is 5. The van der Waals surface area contributed by atoms with Crippen LogP contribution in [0.4, 0.5) is 4.79 Å². The van der Waals surface area contributed by atoms with Gasteiger partial charge in [-0.1, -0.05) is 144 Å². The fourth-order valence-electron chi connectivity index (χ4n) is 12.9. The molecule has 3 fully saturated rings. The van der Waals surface area contributed by atoms with Crippen molar-refractivity contribution in [2.75, 3.05) is 26.2 Å². The molecular weight excluding hydrogens is 693 g/mol. The van der Waals surface area contributed by atoms with Crippen LogP contribution in [0.2, 0.25) is 0 Å². The first-order valence-corrected chi connectivity index (χ1v) is 24.6. The summed E-state index contributed by atoms with van der Waals surface area (Å²) in [6.45, 7) is 21.6. The molecule has 4 rings (SSSR count). The van der Waals surface area contributed by atoms with E-state index in [0.29, 0.717) is 31.6 Å². The van der Waals surface area contributed by atoms with Gasteiger partial charge in [0.15, 0.2) is 0 Å². The quantitative estimate of drug-likeness (QED) is 0.0601. The van der Waals surface area contributed by atoms with E-state index >= 15 is 0 Å². The van der Waals surface area contributed by atoms with E-state index in [1.165, 1.54) is 96.3 Å². The van der Waals surface area contributed by atoms with Crippen molar-refractivity contribution in [2.24, 2.45) is 52.3 Å². The van der Waals surface area contributed by atoms with Gasteiger partial charge in [-0.15, -0.1) is 0 Å². The molecule has 0 aliphatic heterocycles. The lowest BCUT2D eigenvalue weighted by Gasteiger charge is -2.58. The number of allylic oxidation sites excluding steroid dienone is 1. The summed E-state index contributed by atoms with van der Waals surface area (Å²) in [5.41, 5.74) is 2.30. The molecule has 0 aromatic heterocycles. The Morgan fingerprint density at radius 2 is 1.46 bits per heavy atom. The van der Waals surface area contributed by atoms with Gasteiger partial charge in [-0.3, -0.25) is 4.90 Å². The van der Waals surface area contributed by atoms with Crippen molar-refractivity contribution in [3.05, 3.63) is 11.6 Å². The van der Waals surface area contributed by atoms with Gasteiger partial charge in [-0.2, -0.15) is 0 Å². The van der Waals surface area contributed by atoms with Crippen molar-refractivity contribution < 1.29 is 19.7 Å². The number of nitrogens with zero attached hydrogens (tertiary/aromatic N) is 1. The number of carbonyl (C=O) groups excluding carboxylic acids is 1. The van der Waals surface area contributed by atoms with Crippen LogP contribution in [0.15, 0.2) is 11.6 Å². The Bertz CT molecular complexity index is 1160. The lowest BCUT2D eigenvalue weighted by Crippen LogP contribution is -2.51. The van der Waals surface area contributed by atoms with Gasteiger partial charge in [0.05, 0.1) is 12.2 Å². The molecule has 6 nitrogen and oxygen atoms in total. The summed E-state index contributed by atoms with van der Waals surface area (Å²) in [7, 11) is 0. The van der Waals surface area contributed by atoms with E-state index < -0.39 is 12.2 Å². The number of hydrogen-bond donors (Lipinski definition) is 3. The lowest BCUT2D eigenvalue weighted by molar-refractivity contribution is -0.0583. The highest BCUT2D eigenvalue weighted by atomic mass is 16.6. The second kappa shape index (κ2) is 23.6. The van der Waals surface area contributed by atoms with Gasteiger partial charge in [-0.05, 0) is 116 Å². The van der Waals surface area contributed by atoms with Crippen molar-refractivity contribution >= 4 is 6.09 Å². The standard InChI is InChI=1S/C50H92N2O4/c1-9-12-14-16-17-19-21-42(54)36-52(35-41(53)20-18-15-13-10-2)33-32-51-48(55)56-43-28-30-49(7)40(34-43)24-25-44-46-27-26-45(50(46,8)31-29-47(44)49)38(6)22-23-39(11-3)37(4)5/h24,37-39,41-47,53-54H,9-23,25-36H2,1-8H3,(H,51,55)/t38-,39-,41?,42?,43+,44+,45-,46+,47+,49+,50-/m1/s1. The molecule has 3 N–H and O–H groups in total. The third kappa shape index (κ3) is 13.2. The Hall–Kier alpha value is -1.11. The van der Waals surface area contributed by atoms with Gasteiger partial charge in [-0.25, -0.2) is 4.79 Å². The molecule has 0 spiro atoms. The first-order valence-electron chi connectivity index (χ1n) is 24.6. The number of nitrogens with one attached hydrogen (secondary N) is 1. The fraction of sp³-hybridized carbons (Fsp3) is 0.940. The largest absolute Gasteiger partial charge is 0.446 e. The average Bonchev–Trinajstić information content (AvgIpc) is 3.52. The topological polar surface area (TPSA) is 82.0 Å². The van der Waals surface area contributed by atoms with Gasteiger partial charge in [0, 0.05) is 32.6 Å². The van der Waals surface area contributed by atoms with Crippen LogP contribution < -0.4 is 5.32 Å². The Labute approximate surface area is 346 Å². The molecular formula is C50H92N2O4. The zero-order valence-corrected chi connectivity index (χ0v) is 38.1. The van der Waals surface area contributed by atoms with E-state index in [9.17, 15) is 15.0 Å². The lowest BCUT2D eigenvalue weighted by atomic mass is 9.47. The van der Waals surface area contributed by atoms with Crippen molar-refractivity contribution in [3.8, 4) is 0 Å². The highest BCUT2D eigenvalue weighted by molar-refractivity contribution is 5.67. The SMILES string of the molecule is CCCCCCCCC(O)CN(CCNC(=O)O[C@H]1CC[C@@]2(C)C(=CC[C@H]3[C@@H]4CC[C@H]([C@H](C)CC[C@@H](CC)C(C)C)[C@@]4(C)CC[C@@H]32)C1)CC(O)CCCCCC. The summed E-state index contributed by atoms with van der Waals surface area (Å²) in [5, 5.41) is 24.8. The molecule has 0 bridgehead atoms. The van der Waals surface area contributed by atoms with E-state index in [0.717, 1.165) is 92.8 Å². The number of fused-ring (bicyclic) bond motifs is 5. The highest BCUT2D eigenvalue weighted by Gasteiger charge is 2.59. The maximum absolute atomic E-state index is 13.2. The van der Waals surface area contributed by atoms with E-state index in [1.54, 1.807) is 5.57 Å². The zero-order valence-electron chi connectivity index (χ0n) is 38.1. The third-order valence-corrected chi connectivity index (χ3v) is 16.5. The van der Waals surface area contributed by atoms with Crippen LogP contribution in [0.3, 0.4) is 0 Å². The van der Waals surface area contributed by atoms with E-state index in [2.05, 4.69) is 71.7 Å². The van der Waals surface area contributed by atoms with Crippen LogP contribution in [0, 0.1) is 52.3 Å². The average molecular weight is 785 g/mol. The van der Waals surface area contributed by atoms with Gasteiger partial charge in [0.2, 0.25) is 0 Å². The summed E-state index contributed by atoms with van der Waals surface area (Å²) in [6.07, 6.45) is 28.7. The second-order valence-corrected chi connectivity index (χ2v) is 20.6. The van der Waals surface area contributed by atoms with E-state index in [-0.39, 0.29) is 17.6 Å². The Kier molecular flexibility index (Phi) is 20.1. The molecule has 4 aliphatic rings. The monoisotopic (exact) mass is 785 g/mol. The zero-order chi connectivity index (χ0) is 40.7. The minimum absolute atomic E-state index is 0.0607. The number of amides is 1. The highest BCUT2D eigenvalue weighted by Crippen LogP contribution is 2.67. The van der Waals surface area contributed by atoms with Crippen molar-refractivity contribution in [1.29, 1.82) is 0 Å². The van der Waals surface area contributed by atoms with Crippen molar-refractivity contribution in [2.45, 2.75) is 221 Å². The Morgan fingerprint density at radius 3 is 2.11 bits per heavy atom. The molecule has 2 unspecified atom stereocenters. The minimum atomic E-state index is -0.412. The number of aliphatic hydroxyl groups excluding tert-OH is 2. The summed E-state index contributed by atoms with van der Waals surface area (Å²) in [4.78, 5) is 15.3. The predicted octanol–water partition coefficient (Wildman–Crippen LogP) is 12.5. The Balaban J connectivity index is 1.25. The van der Waals surface area contributed by atoms with Crippen LogP contribution >= 0.6 is 0 Å². The van der Waals surface area contributed by atoms with Crippen molar-refractivity contribution in [1.82, 2.24) is 10.2 Å². The van der Waals surface area contributed by atoms with Crippen LogP contribution in [-0.4, -0.2) is 65.7 Å². The number of unbranched alkanes of at least 4 members (excludes halogenated alkanes) is 8. The molecule has 56 heavy (non-hydrogen) atoms. The Morgan fingerprint density at radius 1 is 0.821 bits per heavy atom. The maximum atomic E-state index is 13.2. The molecule has 11 atom stereocenters. The summed E-state index contributed by atoms with van der Waals surface area (Å²) in [6, 6.07) is 0. The molecule has 0 saturated heterocycles. The molecule has 4 aliphatic carbocycles. The number of aliphatic hydroxyl groups is 2. The van der Waals surface area contributed by atoms with Crippen molar-refractivity contribution in [3.63, 3.8) is 0 Å². The molecule has 6 heteroatoms. The molecule has 0 aromatic rings. The van der Waals surface area contributed by atoms with Gasteiger partial charge in [0.25, 0.3) is 0 Å². The normalized spacial score (nSPS) is 30.9. The predicted molar refractivity (Wildman–Crippen MR) is 236 cm³/mol. The maximum Gasteiger partial charge on any atom is 0.407 e. The summed E-state index contributed by atoms with van der Waals surface area (Å²) in [5.74, 6) is 5.80. The van der Waals surface area contributed by atoms with Gasteiger partial charge in [0.1, 0.15) is 6.10 Å². The van der Waals surface area contributed by atoms with Gasteiger partial charge < -0.3 is 20.3 Å². The van der Waals surface area contributed by atoms with E-state index in [4.69, 9.17) is 4.74 Å². The van der Waals surface area contributed by atoms with Crippen LogP contribution in [0.5, 0.6) is 0 Å². The fourth-order valence-corrected chi connectivity index (χ4v) is 12.9. The van der Waals surface area contributed by atoms with Crippen LogP contribution in [0.1, 0.15) is 203 Å². The molecule has 0 radical (unpaired) electrons. The molecule has 326 valence electrons. The molecule has 3 saturated carbocycles. The van der Waals surface area contributed by atoms with Crippen LogP contribution in [-0.2, 0) is 4.74 Å². The first-order chi connectivity index (χ1) is 26.9. The number of ether oxygens (including phenoxy) is 1. The van der Waals surface area contributed by atoms with Crippen LogP contribution in [0.25, 0.3) is 0 Å². The molecule has 1 amide bonds. The van der Waals surface area contributed by atoms with Gasteiger partial charge >= 0.3 is 6.09 Å². The summed E-state index contributed by atoms with van der Waals surface area (Å²) >= 11 is 0. The number of carbonyl (C=O) groups is 1. The summed E-state index contributed by atoms with van der Waals surface area (Å²) < 4.78 is 6.11. The van der Waals surface area contributed by atoms with E-state index in [1.807, 2.05) is 0 Å². The number of alkyl carbamates (subject to hydrolysis) is 1. The second-order valence-electron chi connectivity index (χ2n) is 20.6. The number of rotatable bonds is 26. The first kappa shape index (κ1) is 47.6. The smallest absolute Gasteiger partial charge is 0.407 e. The molecule has 0 heterocycles. The molecule has 0 aromatic carbocycles.